The van der Waals surface area contributed by atoms with Gasteiger partial charge in [0.25, 0.3) is 0 Å². The van der Waals surface area contributed by atoms with Crippen molar-refractivity contribution >= 4 is 11.9 Å². The molecule has 0 heterocycles. The van der Waals surface area contributed by atoms with Crippen molar-refractivity contribution in [1.29, 1.82) is 0 Å². The van der Waals surface area contributed by atoms with Gasteiger partial charge in [0.2, 0.25) is 34.5 Å². The van der Waals surface area contributed by atoms with Crippen LogP contribution in [0.4, 0.5) is 0 Å². The van der Waals surface area contributed by atoms with Crippen LogP contribution in [-0.4, -0.2) is 91.2 Å². The van der Waals surface area contributed by atoms with Gasteiger partial charge in [0.15, 0.2) is 23.0 Å². The summed E-state index contributed by atoms with van der Waals surface area (Å²) >= 11 is 0. The van der Waals surface area contributed by atoms with Crippen LogP contribution in [0.3, 0.4) is 0 Å². The molecular formula is C41H60O14. The van der Waals surface area contributed by atoms with Gasteiger partial charge in [0.05, 0.1) is 64.0 Å². The Labute approximate surface area is 325 Å². The monoisotopic (exact) mass is 776 g/mol. The number of ether oxygens (including phenoxy) is 12. The van der Waals surface area contributed by atoms with Crippen molar-refractivity contribution in [2.24, 2.45) is 0 Å². The molecule has 308 valence electrons. The predicted octanol–water partition coefficient (Wildman–Crippen LogP) is 7.42. The zero-order valence-corrected chi connectivity index (χ0v) is 34.3. The highest BCUT2D eigenvalue weighted by atomic mass is 16.6. The molecule has 0 aliphatic carbocycles. The van der Waals surface area contributed by atoms with Crippen LogP contribution in [0.15, 0.2) is 25.3 Å². The van der Waals surface area contributed by atoms with Crippen molar-refractivity contribution in [3.63, 3.8) is 0 Å². The van der Waals surface area contributed by atoms with E-state index in [9.17, 15) is 9.59 Å². The second-order valence-corrected chi connectivity index (χ2v) is 11.6. The minimum atomic E-state index is -1.22. The van der Waals surface area contributed by atoms with Crippen LogP contribution in [0.5, 0.6) is 57.5 Å². The van der Waals surface area contributed by atoms with E-state index in [-0.39, 0.29) is 114 Å². The highest BCUT2D eigenvalue weighted by Gasteiger charge is 2.45. The van der Waals surface area contributed by atoms with E-state index in [4.69, 9.17) is 56.8 Å². The van der Waals surface area contributed by atoms with Crippen molar-refractivity contribution in [1.82, 2.24) is 0 Å². The Kier molecular flexibility index (Phi) is 19.7. The first kappa shape index (κ1) is 46.0. The Balaban J connectivity index is 3.35. The van der Waals surface area contributed by atoms with Gasteiger partial charge < -0.3 is 56.8 Å². The molecule has 2 rings (SSSR count). The molecule has 0 saturated carbocycles. The van der Waals surface area contributed by atoms with Gasteiger partial charge in [-0.2, -0.15) is 0 Å². The summed E-state index contributed by atoms with van der Waals surface area (Å²) < 4.78 is 74.2. The van der Waals surface area contributed by atoms with Crippen LogP contribution in [-0.2, 0) is 24.5 Å². The molecule has 0 radical (unpaired) electrons. The third-order valence-corrected chi connectivity index (χ3v) is 7.60. The van der Waals surface area contributed by atoms with E-state index in [1.165, 1.54) is 0 Å². The van der Waals surface area contributed by atoms with E-state index < -0.39 is 17.4 Å². The van der Waals surface area contributed by atoms with E-state index in [1.54, 1.807) is 0 Å². The lowest BCUT2D eigenvalue weighted by molar-refractivity contribution is -0.139. The van der Waals surface area contributed by atoms with E-state index in [0.29, 0.717) is 34.1 Å². The van der Waals surface area contributed by atoms with Crippen LogP contribution < -0.4 is 47.4 Å². The molecule has 0 atom stereocenters. The van der Waals surface area contributed by atoms with Gasteiger partial charge in [-0.1, -0.05) is 27.0 Å². The summed E-state index contributed by atoms with van der Waals surface area (Å²) in [7, 11) is 0. The molecule has 0 spiro atoms. The number of hydrogen-bond donors (Lipinski definition) is 0. The van der Waals surface area contributed by atoms with Crippen molar-refractivity contribution in [3.05, 3.63) is 36.4 Å². The van der Waals surface area contributed by atoms with Gasteiger partial charge in [-0.15, -0.1) is 0 Å². The quantitative estimate of drug-likeness (QED) is 0.0480. The lowest BCUT2D eigenvalue weighted by Gasteiger charge is -2.36. The van der Waals surface area contributed by atoms with E-state index >= 15 is 0 Å². The first-order chi connectivity index (χ1) is 26.5. The lowest BCUT2D eigenvalue weighted by Crippen LogP contribution is -2.27. The molecule has 0 saturated heterocycles. The normalized spacial score (nSPS) is 10.8. The van der Waals surface area contributed by atoms with E-state index in [2.05, 4.69) is 13.2 Å². The van der Waals surface area contributed by atoms with Crippen molar-refractivity contribution in [3.8, 4) is 57.5 Å². The third-order valence-electron chi connectivity index (χ3n) is 7.60. The molecule has 0 N–H and O–H groups in total. The fourth-order valence-corrected chi connectivity index (χ4v) is 5.72. The van der Waals surface area contributed by atoms with Gasteiger partial charge >= 0.3 is 11.9 Å². The summed E-state index contributed by atoms with van der Waals surface area (Å²) in [5, 5.41) is 0. The minimum Gasteiger partial charge on any atom is -0.489 e. The Morgan fingerprint density at radius 1 is 0.400 bits per heavy atom. The second kappa shape index (κ2) is 23.6. The summed E-state index contributed by atoms with van der Waals surface area (Å²) in [5.41, 5.74) is -0.310. The zero-order chi connectivity index (χ0) is 41.0. The summed E-state index contributed by atoms with van der Waals surface area (Å²) in [5.74, 6) is 1.48. The number of esters is 2. The standard InChI is InChI=1S/C41H60O14/c1-13-27(42)52-23-25-54-33-29(31(44-15-3)35(46-17-5)39(50-21-9)37(33)48-19-7)41(11,12)30-32(45-16-4)36(47-18-6)40(51-22-10)38(49-20-8)34(30)55-26-24-53-28(43)14-2/h13-14H,1-2,15-26H2,3-12H3. The largest absolute Gasteiger partial charge is 0.489 e. The topological polar surface area (TPSA) is 145 Å². The van der Waals surface area contributed by atoms with Crippen LogP contribution in [0, 0.1) is 0 Å². The highest BCUT2D eigenvalue weighted by Crippen LogP contribution is 2.63. The number of hydrogen-bond acceptors (Lipinski definition) is 14. The van der Waals surface area contributed by atoms with Crippen LogP contribution >= 0.6 is 0 Å². The van der Waals surface area contributed by atoms with Gasteiger partial charge in [-0.3, -0.25) is 0 Å². The molecule has 0 unspecified atom stereocenters. The summed E-state index contributed by atoms with van der Waals surface area (Å²) in [6.45, 7) is 27.1. The fourth-order valence-electron chi connectivity index (χ4n) is 5.72. The molecular weight excluding hydrogens is 716 g/mol. The maximum atomic E-state index is 12.0. The Hall–Kier alpha value is -5.14. The minimum absolute atomic E-state index is 0.0815. The molecule has 0 amide bonds. The molecule has 0 aliphatic rings. The maximum absolute atomic E-state index is 12.0. The van der Waals surface area contributed by atoms with E-state index in [1.807, 2.05) is 69.2 Å². The van der Waals surface area contributed by atoms with Crippen molar-refractivity contribution in [2.75, 3.05) is 79.3 Å². The summed E-state index contributed by atoms with van der Waals surface area (Å²) in [6, 6.07) is 0. The summed E-state index contributed by atoms with van der Waals surface area (Å²) in [4.78, 5) is 23.9. The third kappa shape index (κ3) is 11.4. The Morgan fingerprint density at radius 2 is 0.618 bits per heavy atom. The Bertz CT molecular complexity index is 1450. The molecule has 0 aliphatic heterocycles. The molecule has 55 heavy (non-hydrogen) atoms. The molecule has 2 aromatic carbocycles. The number of carbonyl (C=O) groups excluding carboxylic acids is 2. The predicted molar refractivity (Wildman–Crippen MR) is 208 cm³/mol. The number of carbonyl (C=O) groups is 2. The number of benzene rings is 2. The molecule has 2 aromatic rings. The Morgan fingerprint density at radius 3 is 0.855 bits per heavy atom. The molecule has 14 nitrogen and oxygen atoms in total. The molecule has 0 bridgehead atoms. The average Bonchev–Trinajstić information content (AvgIpc) is 3.16. The van der Waals surface area contributed by atoms with Gasteiger partial charge in [-0.05, 0) is 55.4 Å². The van der Waals surface area contributed by atoms with Gasteiger partial charge in [-0.25, -0.2) is 9.59 Å². The highest BCUT2D eigenvalue weighted by molar-refractivity contribution is 5.81. The van der Waals surface area contributed by atoms with Gasteiger partial charge in [0.1, 0.15) is 26.4 Å². The van der Waals surface area contributed by atoms with Crippen molar-refractivity contribution < 1.29 is 66.4 Å². The van der Waals surface area contributed by atoms with Crippen molar-refractivity contribution in [2.45, 2.75) is 74.7 Å². The smallest absolute Gasteiger partial charge is 0.330 e. The van der Waals surface area contributed by atoms with Crippen LogP contribution in [0.2, 0.25) is 0 Å². The van der Waals surface area contributed by atoms with Crippen LogP contribution in [0.25, 0.3) is 0 Å². The number of rotatable bonds is 28. The molecule has 14 heteroatoms. The zero-order valence-electron chi connectivity index (χ0n) is 34.3. The SMILES string of the molecule is C=CC(=O)OCCOc1c(OCC)c(OCC)c(OCC)c(OCC)c1C(C)(C)c1c(OCC)c(OCC)c(OCC)c(OCC)c1OCCOC(=O)C=C. The van der Waals surface area contributed by atoms with Crippen LogP contribution in [0.1, 0.15) is 80.4 Å². The lowest BCUT2D eigenvalue weighted by atomic mass is 9.75. The van der Waals surface area contributed by atoms with Gasteiger partial charge in [0, 0.05) is 17.6 Å². The van der Waals surface area contributed by atoms with E-state index in [0.717, 1.165) is 12.2 Å². The maximum Gasteiger partial charge on any atom is 0.330 e. The second-order valence-electron chi connectivity index (χ2n) is 11.6. The average molecular weight is 777 g/mol. The molecule has 0 fully saturated rings. The fraction of sp³-hybridized carbons (Fsp3) is 0.561. The first-order valence-electron chi connectivity index (χ1n) is 18.9. The first-order valence-corrected chi connectivity index (χ1v) is 18.9. The molecule has 0 aromatic heterocycles. The summed E-state index contributed by atoms with van der Waals surface area (Å²) in [6.07, 6.45) is 2.15.